The number of carboxylic acid groups (broad SMARTS) is 1. The number of aliphatic hydroxyl groups is 1. The average molecular weight is 1330 g/mol. The Labute approximate surface area is 545 Å². The van der Waals surface area contributed by atoms with Crippen molar-refractivity contribution in [3.05, 3.63) is 166 Å². The fourth-order valence-corrected chi connectivity index (χ4v) is 11.1. The molecular weight excluding hydrogens is 1250 g/mol. The Morgan fingerprint density at radius 1 is 0.558 bits per heavy atom. The zero-order valence-electron chi connectivity index (χ0n) is 53.8. The van der Waals surface area contributed by atoms with Gasteiger partial charge in [0.1, 0.15) is 42.3 Å². The van der Waals surface area contributed by atoms with Gasteiger partial charge in [-0.25, -0.2) is 9.59 Å². The third-order valence-corrected chi connectivity index (χ3v) is 15.7. The Morgan fingerprint density at radius 3 is 1.33 bits per heavy atom. The number of likely N-dealkylation sites (tertiary alicyclic amines) is 2. The lowest BCUT2D eigenvalue weighted by atomic mass is 9.97. The molecule has 2 aliphatic heterocycles. The van der Waals surface area contributed by atoms with Gasteiger partial charge in [-0.3, -0.25) is 19.6 Å². The van der Waals surface area contributed by atoms with Crippen molar-refractivity contribution in [3.63, 3.8) is 0 Å². The number of carbonyl (C=O) groups excluding carboxylic acids is 3. The molecule has 2 aliphatic rings. The molecule has 2 fully saturated rings. The summed E-state index contributed by atoms with van der Waals surface area (Å²) in [7, 11) is 0. The lowest BCUT2D eigenvalue weighted by molar-refractivity contribution is -0.165. The highest BCUT2D eigenvalue weighted by atomic mass is 19.4. The molecule has 0 saturated carbocycles. The summed E-state index contributed by atoms with van der Waals surface area (Å²) < 4.78 is 123. The van der Waals surface area contributed by atoms with Crippen molar-refractivity contribution in [2.45, 2.75) is 169 Å². The van der Waals surface area contributed by atoms with E-state index in [4.69, 9.17) is 37.8 Å². The Hall–Kier alpha value is -9.26. The fourth-order valence-electron chi connectivity index (χ4n) is 11.1. The first-order chi connectivity index (χ1) is 45.5. The van der Waals surface area contributed by atoms with E-state index in [0.717, 1.165) is 50.2 Å². The summed E-state index contributed by atoms with van der Waals surface area (Å²) in [6, 6.07) is 26.8. The minimum atomic E-state index is -4.72. The molecule has 8 aromatic rings. The number of hydrogen-bond acceptors (Lipinski definition) is 16. The van der Waals surface area contributed by atoms with Gasteiger partial charge in [-0.15, -0.1) is 0 Å². The van der Waals surface area contributed by atoms with Crippen molar-refractivity contribution in [1.29, 1.82) is 0 Å². The molecule has 6 heterocycles. The molecule has 0 bridgehead atoms. The van der Waals surface area contributed by atoms with Gasteiger partial charge >= 0.3 is 24.3 Å². The fraction of sp³-hybridized carbons (Fsp3) is 0.429. The van der Waals surface area contributed by atoms with Gasteiger partial charge < -0.3 is 52.7 Å². The number of aliphatic hydroxyl groups excluding tert-OH is 1. The molecule has 2 amide bonds. The van der Waals surface area contributed by atoms with Crippen LogP contribution < -0.4 is 18.9 Å². The summed E-state index contributed by atoms with van der Waals surface area (Å²) in [5, 5.41) is 25.2. The monoisotopic (exact) mass is 1320 g/mol. The number of fused-ring (bicyclic) bond motifs is 2. The number of aromatic nitrogens is 4. The van der Waals surface area contributed by atoms with Crippen LogP contribution in [0.5, 0.6) is 23.0 Å². The van der Waals surface area contributed by atoms with Crippen LogP contribution in [-0.4, -0.2) is 102 Å². The van der Waals surface area contributed by atoms with Crippen molar-refractivity contribution in [1.82, 2.24) is 30.1 Å². The van der Waals surface area contributed by atoms with Crippen LogP contribution in [0.4, 0.5) is 26.3 Å². The normalized spacial score (nSPS) is 14.5. The van der Waals surface area contributed by atoms with Crippen LogP contribution in [0.15, 0.2) is 119 Å². The molecule has 10 rings (SSSR count). The number of ether oxygens (including phenoxy) is 5. The third-order valence-electron chi connectivity index (χ3n) is 15.7. The molecule has 4 aromatic heterocycles. The van der Waals surface area contributed by atoms with Crippen LogP contribution in [-0.2, 0) is 75.2 Å². The lowest BCUT2D eigenvalue weighted by Gasteiger charge is -2.25. The molecule has 19 nitrogen and oxygen atoms in total. The van der Waals surface area contributed by atoms with Gasteiger partial charge in [0.05, 0.1) is 22.2 Å². The summed E-state index contributed by atoms with van der Waals surface area (Å²) >= 11 is 0. The largest absolute Gasteiger partial charge is 0.487 e. The van der Waals surface area contributed by atoms with Crippen LogP contribution in [0.25, 0.3) is 21.9 Å². The van der Waals surface area contributed by atoms with Crippen molar-refractivity contribution in [2.24, 2.45) is 0 Å². The second-order valence-corrected chi connectivity index (χ2v) is 23.0. The highest BCUT2D eigenvalue weighted by Crippen LogP contribution is 2.44. The number of pyridine rings is 2. The van der Waals surface area contributed by atoms with Gasteiger partial charge in [0, 0.05) is 60.8 Å². The van der Waals surface area contributed by atoms with Gasteiger partial charge in [-0.05, 0) is 137 Å². The molecule has 2 unspecified atom stereocenters. The number of amides is 2. The van der Waals surface area contributed by atoms with E-state index in [1.165, 1.54) is 26.0 Å². The number of carboxylic acids is 1. The Kier molecular flexibility index (Phi) is 25.0. The first-order valence-electron chi connectivity index (χ1n) is 31.8. The van der Waals surface area contributed by atoms with Gasteiger partial charge in [0.15, 0.2) is 28.7 Å². The maximum atomic E-state index is 13.9. The van der Waals surface area contributed by atoms with Crippen molar-refractivity contribution < 1.29 is 88.5 Å². The lowest BCUT2D eigenvalue weighted by Crippen LogP contribution is -2.39. The van der Waals surface area contributed by atoms with E-state index in [-0.39, 0.29) is 58.5 Å². The van der Waals surface area contributed by atoms with E-state index >= 15 is 0 Å². The molecule has 2 N–H and O–H groups in total. The summed E-state index contributed by atoms with van der Waals surface area (Å²) in [4.78, 5) is 62.0. The SMILES string of the molecule is CCCc1cc2c(C(F)(F)F)noc2c(CCC)c1OC(C(=O)O)c1ccc(OCc2ccccn2)cc1.CCCc1cc2c(C(F)(F)F)noc2c(CCC)c1OC(C(=O)O[C@H](C)C(=O)N1CCCC1)c1ccc(OCc2ccccn2)cc1.C[C@@H](O)C(=O)N1CCCC1. The Balaban J connectivity index is 0.000000215. The summed E-state index contributed by atoms with van der Waals surface area (Å²) in [5.74, 6) is -0.992. The van der Waals surface area contributed by atoms with Crippen LogP contribution in [0.3, 0.4) is 0 Å². The molecule has 2 saturated heterocycles. The number of alkyl halides is 6. The van der Waals surface area contributed by atoms with E-state index in [1.54, 1.807) is 76.8 Å². The van der Waals surface area contributed by atoms with Crippen molar-refractivity contribution in [3.8, 4) is 23.0 Å². The standard InChI is InChI=1S/C35H38F3N3O6.C28H27F3N2O5.C7H13NO2/c1-4-10-24-20-28-31(47-40-32(28)35(36,37)38)27(11-5-2)29(24)46-30(34(43)45-22(3)33(42)41-18-8-9-19-41)23-13-15-26(16-14-23)44-21-25-12-6-7-17-39-25;1-3-7-18-15-22-25(38-33-26(22)28(29,30)31)21(8-4-2)23(18)37-24(27(34)35)17-10-12-20(13-11-17)36-16-19-9-5-6-14-32-19;1-6(9)7(10)8-4-2-3-5-8/h6-7,12-17,20,22,30H,4-5,8-11,18-19,21H2,1-3H3;5-6,9-15,24H,3-4,7-8,16H2,1-2H3,(H,34,35);6,9H,2-5H2,1H3/t22-,30?;;6-/m1.1/s1. The number of hydrogen-bond donors (Lipinski definition) is 2. The highest BCUT2D eigenvalue weighted by Gasteiger charge is 2.41. The molecule has 508 valence electrons. The summed E-state index contributed by atoms with van der Waals surface area (Å²) in [5.41, 5.74) is 1.63. The molecule has 95 heavy (non-hydrogen) atoms. The predicted octanol–water partition coefficient (Wildman–Crippen LogP) is 14.3. The molecule has 4 aromatic carbocycles. The average Bonchev–Trinajstić information content (AvgIpc) is 1.68. The number of halogens is 6. The quantitative estimate of drug-likeness (QED) is 0.0399. The number of aryl methyl sites for hydroxylation is 4. The smallest absolute Gasteiger partial charge is 0.437 e. The first-order valence-corrected chi connectivity index (χ1v) is 31.8. The number of aliphatic carboxylic acids is 1. The minimum Gasteiger partial charge on any atom is -0.487 e. The maximum Gasteiger partial charge on any atom is 0.437 e. The molecule has 0 radical (unpaired) electrons. The van der Waals surface area contributed by atoms with Crippen molar-refractivity contribution >= 4 is 45.7 Å². The van der Waals surface area contributed by atoms with E-state index in [1.807, 2.05) is 58.0 Å². The van der Waals surface area contributed by atoms with Gasteiger partial charge in [-0.2, -0.15) is 26.3 Å². The number of rotatable bonds is 25. The summed E-state index contributed by atoms with van der Waals surface area (Å²) in [6.07, 6.45) is -3.08. The topological polar surface area (TPSA) is 239 Å². The first kappa shape index (κ1) is 71.6. The van der Waals surface area contributed by atoms with E-state index < -0.39 is 60.1 Å². The van der Waals surface area contributed by atoms with Crippen molar-refractivity contribution in [2.75, 3.05) is 26.2 Å². The molecule has 4 atom stereocenters. The molecular formula is C70H78F6N6O13. The van der Waals surface area contributed by atoms with Crippen LogP contribution in [0, 0.1) is 0 Å². The van der Waals surface area contributed by atoms with Gasteiger partial charge in [-0.1, -0.05) is 100 Å². The Bertz CT molecular complexity index is 3820. The number of esters is 1. The Morgan fingerprint density at radius 2 is 0.958 bits per heavy atom. The zero-order chi connectivity index (χ0) is 68.4. The number of carbonyl (C=O) groups is 4. The molecule has 25 heteroatoms. The van der Waals surface area contributed by atoms with Crippen LogP contribution in [0.1, 0.15) is 161 Å². The zero-order valence-corrected chi connectivity index (χ0v) is 53.8. The highest BCUT2D eigenvalue weighted by molar-refractivity contribution is 5.89. The van der Waals surface area contributed by atoms with E-state index in [9.17, 15) is 50.6 Å². The molecule has 0 aliphatic carbocycles. The predicted molar refractivity (Wildman–Crippen MR) is 337 cm³/mol. The second-order valence-electron chi connectivity index (χ2n) is 23.0. The summed E-state index contributed by atoms with van der Waals surface area (Å²) in [6.45, 7) is 13.9. The number of nitrogens with zero attached hydrogens (tertiary/aromatic N) is 6. The second kappa shape index (κ2) is 33.2. The van der Waals surface area contributed by atoms with E-state index in [2.05, 4.69) is 20.3 Å². The third kappa shape index (κ3) is 18.6. The van der Waals surface area contributed by atoms with Gasteiger partial charge in [0.2, 0.25) is 12.2 Å². The van der Waals surface area contributed by atoms with Crippen LogP contribution >= 0.6 is 0 Å². The molecule has 0 spiro atoms. The van der Waals surface area contributed by atoms with E-state index in [0.29, 0.717) is 109 Å². The number of benzene rings is 4. The maximum absolute atomic E-state index is 13.9. The minimum absolute atomic E-state index is 0.0444. The van der Waals surface area contributed by atoms with Crippen LogP contribution in [0.2, 0.25) is 0 Å². The van der Waals surface area contributed by atoms with Gasteiger partial charge in [0.25, 0.3) is 11.8 Å².